The predicted molar refractivity (Wildman–Crippen MR) is 133 cm³/mol. The maximum Gasteiger partial charge on any atom is 0.356 e. The van der Waals surface area contributed by atoms with Crippen molar-refractivity contribution >= 4 is 17.7 Å². The average molecular weight is 468 g/mol. The number of para-hydroxylation sites is 1. The van der Waals surface area contributed by atoms with E-state index in [1.807, 2.05) is 48.5 Å². The third-order valence-corrected chi connectivity index (χ3v) is 5.44. The molecule has 6 nitrogen and oxygen atoms in total. The van der Waals surface area contributed by atoms with E-state index in [0.29, 0.717) is 22.5 Å². The number of rotatable bonds is 8. The lowest BCUT2D eigenvalue weighted by molar-refractivity contribution is 0.0472. The Kier molecular flexibility index (Phi) is 7.21. The second-order valence-corrected chi connectivity index (χ2v) is 7.62. The van der Waals surface area contributed by atoms with Crippen LogP contribution in [0.15, 0.2) is 91.0 Å². The largest absolute Gasteiger partial charge is 0.462 e. The lowest BCUT2D eigenvalue weighted by Crippen LogP contribution is -2.18. The quantitative estimate of drug-likeness (QED) is 0.244. The Bertz CT molecular complexity index is 1340. The number of hydrogen-bond donors (Lipinski definition) is 0. The zero-order chi connectivity index (χ0) is 24.8. The smallest absolute Gasteiger partial charge is 0.356 e. The van der Waals surface area contributed by atoms with Crippen LogP contribution in [-0.2, 0) is 9.47 Å². The summed E-state index contributed by atoms with van der Waals surface area (Å²) in [6.45, 7) is 3.54. The van der Waals surface area contributed by atoms with Crippen molar-refractivity contribution in [3.8, 4) is 16.9 Å². The van der Waals surface area contributed by atoms with Gasteiger partial charge in [-0.05, 0) is 31.5 Å². The summed E-state index contributed by atoms with van der Waals surface area (Å²) in [7, 11) is 0. The molecule has 0 N–H and O–H groups in total. The fourth-order valence-corrected chi connectivity index (χ4v) is 4.03. The summed E-state index contributed by atoms with van der Waals surface area (Å²) >= 11 is 0. The van der Waals surface area contributed by atoms with Crippen LogP contribution in [-0.4, -0.2) is 35.5 Å². The summed E-state index contributed by atoms with van der Waals surface area (Å²) < 4.78 is 12.3. The molecule has 3 aromatic carbocycles. The van der Waals surface area contributed by atoms with Crippen molar-refractivity contribution in [3.63, 3.8) is 0 Å². The van der Waals surface area contributed by atoms with Crippen LogP contribution in [0.5, 0.6) is 0 Å². The number of ether oxygens (including phenoxy) is 2. The number of ketones is 1. The maximum absolute atomic E-state index is 14.0. The Morgan fingerprint density at radius 3 is 1.74 bits per heavy atom. The molecular weight excluding hydrogens is 442 g/mol. The van der Waals surface area contributed by atoms with Gasteiger partial charge in [-0.2, -0.15) is 0 Å². The van der Waals surface area contributed by atoms with Crippen molar-refractivity contribution in [2.75, 3.05) is 13.2 Å². The van der Waals surface area contributed by atoms with Gasteiger partial charge in [-0.1, -0.05) is 78.9 Å². The summed E-state index contributed by atoms with van der Waals surface area (Å²) in [5.41, 5.74) is 2.00. The number of esters is 2. The molecule has 0 aliphatic carbocycles. The van der Waals surface area contributed by atoms with Crippen LogP contribution in [0.4, 0.5) is 0 Å². The lowest BCUT2D eigenvalue weighted by atomic mass is 9.95. The van der Waals surface area contributed by atoms with Crippen LogP contribution in [0.3, 0.4) is 0 Å². The molecule has 1 heterocycles. The van der Waals surface area contributed by atoms with Crippen LogP contribution >= 0.6 is 0 Å². The molecule has 0 amide bonds. The molecule has 0 aliphatic heterocycles. The zero-order valence-electron chi connectivity index (χ0n) is 19.6. The molecule has 0 unspecified atom stereocenters. The number of benzene rings is 3. The molecule has 0 fully saturated rings. The van der Waals surface area contributed by atoms with Gasteiger partial charge in [0.05, 0.1) is 24.5 Å². The molecule has 4 aromatic rings. The van der Waals surface area contributed by atoms with Crippen molar-refractivity contribution < 1.29 is 23.9 Å². The third kappa shape index (κ3) is 4.64. The van der Waals surface area contributed by atoms with E-state index in [1.54, 1.807) is 60.9 Å². The molecule has 0 radical (unpaired) electrons. The Morgan fingerprint density at radius 1 is 0.657 bits per heavy atom. The minimum Gasteiger partial charge on any atom is -0.462 e. The summed E-state index contributed by atoms with van der Waals surface area (Å²) in [5.74, 6) is -1.88. The summed E-state index contributed by atoms with van der Waals surface area (Å²) in [5, 5.41) is 0. The van der Waals surface area contributed by atoms with E-state index in [9.17, 15) is 14.4 Å². The zero-order valence-corrected chi connectivity index (χ0v) is 19.6. The second-order valence-electron chi connectivity index (χ2n) is 7.62. The Morgan fingerprint density at radius 2 is 1.17 bits per heavy atom. The van der Waals surface area contributed by atoms with E-state index in [0.717, 1.165) is 0 Å². The highest BCUT2D eigenvalue weighted by Crippen LogP contribution is 2.37. The van der Waals surface area contributed by atoms with E-state index in [4.69, 9.17) is 9.47 Å². The van der Waals surface area contributed by atoms with Gasteiger partial charge >= 0.3 is 11.9 Å². The van der Waals surface area contributed by atoms with E-state index in [-0.39, 0.29) is 30.0 Å². The van der Waals surface area contributed by atoms with Gasteiger partial charge in [-0.3, -0.25) is 4.79 Å². The Labute approximate surface area is 203 Å². The fraction of sp³-hybridized carbons (Fsp3) is 0.138. The number of aromatic nitrogens is 1. The average Bonchev–Trinajstić information content (AvgIpc) is 3.26. The first-order valence-electron chi connectivity index (χ1n) is 11.4. The minimum atomic E-state index is -0.762. The number of nitrogens with zero attached hydrogens (tertiary/aromatic N) is 1. The van der Waals surface area contributed by atoms with Crippen LogP contribution < -0.4 is 0 Å². The van der Waals surface area contributed by atoms with Gasteiger partial charge in [-0.25, -0.2) is 9.59 Å². The van der Waals surface area contributed by atoms with Gasteiger partial charge < -0.3 is 14.0 Å². The van der Waals surface area contributed by atoms with Crippen LogP contribution in [0, 0.1) is 0 Å². The van der Waals surface area contributed by atoms with Crippen molar-refractivity contribution in [1.29, 1.82) is 0 Å². The first-order chi connectivity index (χ1) is 17.1. The third-order valence-electron chi connectivity index (χ3n) is 5.44. The molecule has 6 heteroatoms. The molecule has 0 aliphatic rings. The fourth-order valence-electron chi connectivity index (χ4n) is 4.03. The van der Waals surface area contributed by atoms with E-state index in [1.165, 1.54) is 0 Å². The molecular formula is C29H25NO5. The second kappa shape index (κ2) is 10.7. The van der Waals surface area contributed by atoms with Crippen molar-refractivity contribution in [1.82, 2.24) is 4.57 Å². The van der Waals surface area contributed by atoms with Crippen molar-refractivity contribution in [3.05, 3.63) is 113 Å². The van der Waals surface area contributed by atoms with E-state index < -0.39 is 17.7 Å². The summed E-state index contributed by atoms with van der Waals surface area (Å²) in [6.07, 6.45) is 0. The van der Waals surface area contributed by atoms with Crippen LogP contribution in [0.2, 0.25) is 0 Å². The molecule has 176 valence electrons. The lowest BCUT2D eigenvalue weighted by Gasteiger charge is -2.14. The molecule has 0 saturated carbocycles. The number of carbonyl (C=O) groups is 3. The number of hydrogen-bond acceptors (Lipinski definition) is 5. The predicted octanol–water partition coefficient (Wildman–Crippen LogP) is 5.73. The number of carbonyl (C=O) groups excluding carboxylic acids is 3. The van der Waals surface area contributed by atoms with Crippen molar-refractivity contribution in [2.24, 2.45) is 0 Å². The minimum absolute atomic E-state index is 0.0466. The monoisotopic (exact) mass is 467 g/mol. The first-order valence-corrected chi connectivity index (χ1v) is 11.4. The highest BCUT2D eigenvalue weighted by molar-refractivity contribution is 6.21. The maximum atomic E-state index is 14.0. The molecule has 1 aromatic heterocycles. The molecule has 35 heavy (non-hydrogen) atoms. The van der Waals surface area contributed by atoms with Crippen molar-refractivity contribution in [2.45, 2.75) is 13.8 Å². The van der Waals surface area contributed by atoms with Crippen LogP contribution in [0.25, 0.3) is 16.9 Å². The molecule has 0 bridgehead atoms. The summed E-state index contributed by atoms with van der Waals surface area (Å²) in [4.78, 5) is 40.7. The van der Waals surface area contributed by atoms with Gasteiger partial charge in [0.15, 0.2) is 5.78 Å². The SMILES string of the molecule is CCOC(=O)c1c(C(=O)c2ccccc2)c(-c2ccccc2)n(-c2ccccc2)c1C(=O)OCC. The van der Waals surface area contributed by atoms with Gasteiger partial charge in [0.1, 0.15) is 11.3 Å². The van der Waals surface area contributed by atoms with Gasteiger partial charge in [0, 0.05) is 11.3 Å². The standard InChI is InChI=1S/C29H25NO5/c1-3-34-28(32)24-23(27(31)21-16-10-6-11-17-21)25(20-14-8-5-9-15-20)30(22-18-12-7-13-19-22)26(24)29(33)35-4-2/h5-19H,3-4H2,1-2H3. The molecule has 0 saturated heterocycles. The van der Waals surface area contributed by atoms with E-state index in [2.05, 4.69) is 0 Å². The highest BCUT2D eigenvalue weighted by Gasteiger charge is 2.37. The van der Waals surface area contributed by atoms with Crippen LogP contribution in [0.1, 0.15) is 50.6 Å². The molecule has 0 spiro atoms. The first kappa shape index (κ1) is 23.7. The topological polar surface area (TPSA) is 74.6 Å². The molecule has 4 rings (SSSR count). The normalized spacial score (nSPS) is 10.6. The Hall–Kier alpha value is -4.45. The van der Waals surface area contributed by atoms with Gasteiger partial charge in [0.25, 0.3) is 0 Å². The van der Waals surface area contributed by atoms with Gasteiger partial charge in [-0.15, -0.1) is 0 Å². The van der Waals surface area contributed by atoms with E-state index >= 15 is 0 Å². The summed E-state index contributed by atoms with van der Waals surface area (Å²) in [6, 6.07) is 27.0. The highest BCUT2D eigenvalue weighted by atomic mass is 16.5. The Balaban J connectivity index is 2.19. The van der Waals surface area contributed by atoms with Gasteiger partial charge in [0.2, 0.25) is 0 Å². The molecule has 0 atom stereocenters.